The van der Waals surface area contributed by atoms with Gasteiger partial charge in [0.05, 0.1) is 12.6 Å². The zero-order valence-electron chi connectivity index (χ0n) is 19.3. The molecule has 0 aromatic heterocycles. The molecule has 0 heterocycles. The highest BCUT2D eigenvalue weighted by Gasteiger charge is 2.27. The first-order valence-corrected chi connectivity index (χ1v) is 12.4. The van der Waals surface area contributed by atoms with Gasteiger partial charge in [0.2, 0.25) is 17.7 Å². The van der Waals surface area contributed by atoms with Gasteiger partial charge in [-0.15, -0.1) is 0 Å². The van der Waals surface area contributed by atoms with E-state index in [1.807, 2.05) is 6.26 Å². The van der Waals surface area contributed by atoms with Crippen molar-refractivity contribution in [3.8, 4) is 5.75 Å². The monoisotopic (exact) mass is 497 g/mol. The average molecular weight is 498 g/mol. The highest BCUT2D eigenvalue weighted by molar-refractivity contribution is 7.98. The van der Waals surface area contributed by atoms with E-state index in [4.69, 9.17) is 11.5 Å². The lowest BCUT2D eigenvalue weighted by Gasteiger charge is -2.22. The molecule has 3 amide bonds. The zero-order chi connectivity index (χ0) is 25.5. The van der Waals surface area contributed by atoms with Crippen molar-refractivity contribution in [1.82, 2.24) is 16.0 Å². The number of thioether (sulfide) groups is 1. The number of phenols is 1. The molecule has 1 aromatic carbocycles. The molecule has 0 aliphatic heterocycles. The first-order chi connectivity index (χ1) is 16.2. The van der Waals surface area contributed by atoms with Crippen molar-refractivity contribution in [2.24, 2.45) is 11.5 Å². The summed E-state index contributed by atoms with van der Waals surface area (Å²) < 4.78 is 0. The van der Waals surface area contributed by atoms with Gasteiger partial charge in [-0.2, -0.15) is 11.8 Å². The van der Waals surface area contributed by atoms with E-state index in [0.717, 1.165) is 6.42 Å². The van der Waals surface area contributed by atoms with E-state index >= 15 is 0 Å². The molecule has 1 aromatic rings. The van der Waals surface area contributed by atoms with E-state index in [9.17, 15) is 29.4 Å². The summed E-state index contributed by atoms with van der Waals surface area (Å²) in [6.45, 7) is 0.110. The standard InChI is InChI=1S/C22H35N5O6S/c1-34-11-9-17(22(32)33)27-21(31)18(12-14-5-7-15(28)8-6-14)26-19(29)13-25-20(30)16(24)4-2-3-10-23/h5-8,16-18,28H,2-4,9-13,23-24H2,1H3,(H,25,30)(H,26,29)(H,27,31)(H,32,33). The Morgan fingerprint density at radius 2 is 1.68 bits per heavy atom. The lowest BCUT2D eigenvalue weighted by Crippen LogP contribution is -2.54. The molecular weight excluding hydrogens is 462 g/mol. The molecule has 11 nitrogen and oxygen atoms in total. The van der Waals surface area contributed by atoms with Crippen molar-refractivity contribution in [2.75, 3.05) is 25.1 Å². The first-order valence-electron chi connectivity index (χ1n) is 11.0. The molecule has 1 rings (SSSR count). The number of carbonyl (C=O) groups excluding carboxylic acids is 3. The molecule has 0 bridgehead atoms. The van der Waals surface area contributed by atoms with Crippen LogP contribution in [-0.2, 0) is 25.6 Å². The van der Waals surface area contributed by atoms with Crippen molar-refractivity contribution in [2.45, 2.75) is 50.2 Å². The largest absolute Gasteiger partial charge is 0.508 e. The number of carbonyl (C=O) groups is 4. The quantitative estimate of drug-likeness (QED) is 0.145. The Bertz CT molecular complexity index is 807. The number of aromatic hydroxyl groups is 1. The molecular formula is C22H35N5O6S. The summed E-state index contributed by atoms with van der Waals surface area (Å²) in [4.78, 5) is 48.9. The minimum absolute atomic E-state index is 0.0438. The van der Waals surface area contributed by atoms with Gasteiger partial charge in [0.1, 0.15) is 17.8 Å². The normalized spacial score (nSPS) is 13.4. The van der Waals surface area contributed by atoms with Crippen LogP contribution >= 0.6 is 11.8 Å². The number of nitrogens with two attached hydrogens (primary N) is 2. The molecule has 34 heavy (non-hydrogen) atoms. The summed E-state index contributed by atoms with van der Waals surface area (Å²) in [5.74, 6) is -2.38. The Hall–Kier alpha value is -2.83. The fourth-order valence-corrected chi connectivity index (χ4v) is 3.50. The highest BCUT2D eigenvalue weighted by atomic mass is 32.2. The Morgan fingerprint density at radius 1 is 1.00 bits per heavy atom. The third-order valence-electron chi connectivity index (χ3n) is 4.98. The Labute approximate surface area is 203 Å². The number of phenolic OH excluding ortho intramolecular Hbond substituents is 1. The second kappa shape index (κ2) is 15.9. The number of hydrogen-bond donors (Lipinski definition) is 7. The fourth-order valence-electron chi connectivity index (χ4n) is 3.03. The van der Waals surface area contributed by atoms with Gasteiger partial charge < -0.3 is 37.6 Å². The Morgan fingerprint density at radius 3 is 2.26 bits per heavy atom. The Kier molecular flexibility index (Phi) is 13.7. The molecule has 0 spiro atoms. The number of hydrogen-bond acceptors (Lipinski definition) is 8. The van der Waals surface area contributed by atoms with Crippen LogP contribution in [0.4, 0.5) is 0 Å². The van der Waals surface area contributed by atoms with Crippen LogP contribution in [0.3, 0.4) is 0 Å². The van der Waals surface area contributed by atoms with Gasteiger partial charge >= 0.3 is 5.97 Å². The van der Waals surface area contributed by atoms with Gasteiger partial charge in [-0.3, -0.25) is 14.4 Å². The van der Waals surface area contributed by atoms with E-state index in [1.165, 1.54) is 23.9 Å². The third-order valence-corrected chi connectivity index (χ3v) is 5.63. The van der Waals surface area contributed by atoms with E-state index in [1.54, 1.807) is 12.1 Å². The Balaban J connectivity index is 2.80. The fraction of sp³-hybridized carbons (Fsp3) is 0.545. The van der Waals surface area contributed by atoms with E-state index in [-0.39, 0.29) is 18.6 Å². The number of amides is 3. The predicted molar refractivity (Wildman–Crippen MR) is 130 cm³/mol. The molecule has 0 saturated carbocycles. The molecule has 0 radical (unpaired) electrons. The second-order valence-electron chi connectivity index (χ2n) is 7.78. The summed E-state index contributed by atoms with van der Waals surface area (Å²) in [6, 6.07) is 3.09. The number of rotatable bonds is 16. The van der Waals surface area contributed by atoms with E-state index < -0.39 is 48.4 Å². The highest BCUT2D eigenvalue weighted by Crippen LogP contribution is 2.12. The summed E-state index contributed by atoms with van der Waals surface area (Å²) in [7, 11) is 0. The van der Waals surface area contributed by atoms with Crippen molar-refractivity contribution in [3.05, 3.63) is 29.8 Å². The topological polar surface area (TPSA) is 197 Å². The van der Waals surface area contributed by atoms with Crippen LogP contribution < -0.4 is 27.4 Å². The van der Waals surface area contributed by atoms with Gasteiger partial charge in [0.25, 0.3) is 0 Å². The number of unbranched alkanes of at least 4 members (excludes halogenated alkanes) is 1. The van der Waals surface area contributed by atoms with Crippen molar-refractivity contribution in [1.29, 1.82) is 0 Å². The second-order valence-corrected chi connectivity index (χ2v) is 8.77. The lowest BCUT2D eigenvalue weighted by atomic mass is 10.0. The molecule has 3 atom stereocenters. The van der Waals surface area contributed by atoms with Crippen molar-refractivity contribution >= 4 is 35.5 Å². The van der Waals surface area contributed by atoms with Gasteiger partial charge in [-0.25, -0.2) is 4.79 Å². The molecule has 0 fully saturated rings. The van der Waals surface area contributed by atoms with Gasteiger partial charge in [0, 0.05) is 6.42 Å². The van der Waals surface area contributed by atoms with Gasteiger partial charge in [-0.1, -0.05) is 18.6 Å². The van der Waals surface area contributed by atoms with Gasteiger partial charge in [-0.05, 0) is 55.5 Å². The molecule has 12 heteroatoms. The third kappa shape index (κ3) is 11.3. The minimum atomic E-state index is -1.17. The summed E-state index contributed by atoms with van der Waals surface area (Å²) in [6.07, 6.45) is 3.97. The van der Waals surface area contributed by atoms with Crippen LogP contribution in [0.2, 0.25) is 0 Å². The molecule has 9 N–H and O–H groups in total. The molecule has 190 valence electrons. The maximum absolute atomic E-state index is 12.9. The molecule has 0 aliphatic rings. The van der Waals surface area contributed by atoms with Crippen LogP contribution in [0.25, 0.3) is 0 Å². The number of carboxylic acid groups (broad SMARTS) is 1. The SMILES string of the molecule is CSCCC(NC(=O)C(Cc1ccc(O)cc1)NC(=O)CNC(=O)C(N)CCCCN)C(=O)O. The summed E-state index contributed by atoms with van der Waals surface area (Å²) in [5.41, 5.74) is 11.9. The lowest BCUT2D eigenvalue weighted by molar-refractivity contribution is -0.142. The summed E-state index contributed by atoms with van der Waals surface area (Å²) >= 11 is 1.45. The van der Waals surface area contributed by atoms with Gasteiger partial charge in [0.15, 0.2) is 0 Å². The molecule has 3 unspecified atom stereocenters. The van der Waals surface area contributed by atoms with E-state index in [0.29, 0.717) is 30.7 Å². The number of carboxylic acids is 1. The zero-order valence-corrected chi connectivity index (χ0v) is 20.1. The number of aliphatic carboxylic acids is 1. The van der Waals surface area contributed by atoms with Crippen LogP contribution in [0.15, 0.2) is 24.3 Å². The smallest absolute Gasteiger partial charge is 0.326 e. The van der Waals surface area contributed by atoms with E-state index in [2.05, 4.69) is 16.0 Å². The minimum Gasteiger partial charge on any atom is -0.508 e. The maximum atomic E-state index is 12.9. The number of benzene rings is 1. The first kappa shape index (κ1) is 29.2. The van der Waals surface area contributed by atoms with Crippen LogP contribution in [0.5, 0.6) is 5.75 Å². The molecule has 0 saturated heterocycles. The maximum Gasteiger partial charge on any atom is 0.326 e. The van der Waals surface area contributed by atoms with Crippen LogP contribution in [0.1, 0.15) is 31.2 Å². The van der Waals surface area contributed by atoms with Crippen molar-refractivity contribution in [3.63, 3.8) is 0 Å². The van der Waals surface area contributed by atoms with Crippen LogP contribution in [0, 0.1) is 0 Å². The average Bonchev–Trinajstić information content (AvgIpc) is 2.80. The number of nitrogens with one attached hydrogen (secondary N) is 3. The summed E-state index contributed by atoms with van der Waals surface area (Å²) in [5, 5.41) is 26.3. The predicted octanol–water partition coefficient (Wildman–Crippen LogP) is -0.685. The van der Waals surface area contributed by atoms with Crippen molar-refractivity contribution < 1.29 is 29.4 Å². The van der Waals surface area contributed by atoms with Crippen LogP contribution in [-0.4, -0.2) is 77.1 Å². The molecule has 0 aliphatic carbocycles.